The smallest absolute Gasteiger partial charge is 0.251 e. The van der Waals surface area contributed by atoms with Crippen molar-refractivity contribution < 1.29 is 9.59 Å². The van der Waals surface area contributed by atoms with Crippen LogP contribution in [-0.4, -0.2) is 49.4 Å². The number of hydrogen-bond donors (Lipinski definition) is 3. The van der Waals surface area contributed by atoms with Gasteiger partial charge in [0.1, 0.15) is 0 Å². The van der Waals surface area contributed by atoms with Crippen LogP contribution in [0.4, 0.5) is 0 Å². The lowest BCUT2D eigenvalue weighted by atomic mass is 9.78. The van der Waals surface area contributed by atoms with Crippen molar-refractivity contribution in [1.29, 1.82) is 0 Å². The molecule has 1 aliphatic heterocycles. The van der Waals surface area contributed by atoms with Gasteiger partial charge in [-0.3, -0.25) is 14.6 Å². The number of benzene rings is 1. The van der Waals surface area contributed by atoms with Crippen molar-refractivity contribution in [2.75, 3.05) is 26.7 Å². The number of nitrogens with two attached hydrogens (primary N) is 1. The number of carbonyl (C=O) groups is 2. The number of likely N-dealkylation sites (tertiary alicyclic amines) is 1. The number of rotatable bonds is 7. The van der Waals surface area contributed by atoms with E-state index < -0.39 is 5.91 Å². The Kier molecular flexibility index (Phi) is 10.4. The number of nitrogens with one attached hydrogen (secondary N) is 2. The second-order valence-corrected chi connectivity index (χ2v) is 7.83. The highest BCUT2D eigenvalue weighted by atomic mass is 127. The molecule has 1 aromatic rings. The predicted molar refractivity (Wildman–Crippen MR) is 127 cm³/mol. The minimum absolute atomic E-state index is 0. The Bertz CT molecular complexity index is 704. The Morgan fingerprint density at radius 3 is 2.52 bits per heavy atom. The molecule has 0 radical (unpaired) electrons. The van der Waals surface area contributed by atoms with Gasteiger partial charge in [0.25, 0.3) is 5.91 Å². The zero-order valence-corrected chi connectivity index (χ0v) is 20.0. The van der Waals surface area contributed by atoms with Crippen molar-refractivity contribution in [2.24, 2.45) is 16.1 Å². The minimum atomic E-state index is -0.562. The first kappa shape index (κ1) is 25.2. The van der Waals surface area contributed by atoms with E-state index in [2.05, 4.69) is 34.4 Å². The molecule has 0 aromatic heterocycles. The van der Waals surface area contributed by atoms with Crippen LogP contribution in [0.25, 0.3) is 0 Å². The molecule has 2 rings (SSSR count). The van der Waals surface area contributed by atoms with Crippen LogP contribution in [-0.2, 0) is 11.3 Å². The Morgan fingerprint density at radius 1 is 1.24 bits per heavy atom. The monoisotopic (exact) mass is 515 g/mol. The van der Waals surface area contributed by atoms with Gasteiger partial charge in [-0.2, -0.15) is 0 Å². The van der Waals surface area contributed by atoms with E-state index in [9.17, 15) is 9.59 Å². The normalized spacial score (nSPS) is 19.3. The number of primary amides is 1. The summed E-state index contributed by atoms with van der Waals surface area (Å²) in [4.78, 5) is 29.5. The Hall–Kier alpha value is -1.84. The molecule has 7 nitrogen and oxygen atoms in total. The number of aliphatic imine (C=N–C) groups is 1. The number of amides is 2. The highest BCUT2D eigenvalue weighted by Gasteiger charge is 2.31. The number of guanidine groups is 1. The standard InChI is InChI=1S/C21H33N5O2.HI/c1-4-10-21(2)11-5-12-26(15-21)20(23-3)25-13-16-6-8-17(9-7-16)19(28)24-14-18(22)27;/h6-9H,4-5,10-15H2,1-3H3,(H2,22,27)(H,23,25)(H,24,28);1H. The maximum Gasteiger partial charge on any atom is 0.251 e. The van der Waals surface area contributed by atoms with Gasteiger partial charge in [0.2, 0.25) is 5.91 Å². The molecular formula is C21H34IN5O2. The van der Waals surface area contributed by atoms with Crippen molar-refractivity contribution in [3.63, 3.8) is 0 Å². The van der Waals surface area contributed by atoms with Crippen LogP contribution in [0.3, 0.4) is 0 Å². The van der Waals surface area contributed by atoms with Crippen molar-refractivity contribution in [3.8, 4) is 0 Å². The molecule has 1 saturated heterocycles. The SMILES string of the molecule is CCCC1(C)CCCN(C(=NC)NCc2ccc(C(=O)NCC(N)=O)cc2)C1.I. The summed E-state index contributed by atoms with van der Waals surface area (Å²) in [6.45, 7) is 7.15. The van der Waals surface area contributed by atoms with E-state index in [1.54, 1.807) is 12.1 Å². The molecule has 4 N–H and O–H groups in total. The van der Waals surface area contributed by atoms with Gasteiger partial charge in [0.15, 0.2) is 5.96 Å². The predicted octanol–water partition coefficient (Wildman–Crippen LogP) is 2.50. The highest BCUT2D eigenvalue weighted by Crippen LogP contribution is 2.33. The van der Waals surface area contributed by atoms with Gasteiger partial charge in [-0.15, -0.1) is 24.0 Å². The second kappa shape index (κ2) is 12.0. The van der Waals surface area contributed by atoms with E-state index in [0.29, 0.717) is 17.5 Å². The van der Waals surface area contributed by atoms with Gasteiger partial charge >= 0.3 is 0 Å². The van der Waals surface area contributed by atoms with E-state index >= 15 is 0 Å². The Labute approximate surface area is 190 Å². The topological polar surface area (TPSA) is 99.8 Å². The maximum atomic E-state index is 11.9. The summed E-state index contributed by atoms with van der Waals surface area (Å²) in [5, 5.41) is 5.92. The molecule has 2 amide bonds. The summed E-state index contributed by atoms with van der Waals surface area (Å²) in [6, 6.07) is 7.29. The molecule has 1 unspecified atom stereocenters. The van der Waals surface area contributed by atoms with Crippen molar-refractivity contribution >= 4 is 41.8 Å². The van der Waals surface area contributed by atoms with Crippen LogP contribution < -0.4 is 16.4 Å². The summed E-state index contributed by atoms with van der Waals surface area (Å²) in [7, 11) is 1.82. The van der Waals surface area contributed by atoms with Crippen LogP contribution >= 0.6 is 24.0 Å². The first-order valence-electron chi connectivity index (χ1n) is 9.98. The third kappa shape index (κ3) is 7.83. The van der Waals surface area contributed by atoms with Gasteiger partial charge in [0.05, 0.1) is 6.54 Å². The second-order valence-electron chi connectivity index (χ2n) is 7.83. The molecule has 1 aliphatic rings. The number of hydrogen-bond acceptors (Lipinski definition) is 3. The fourth-order valence-electron chi connectivity index (χ4n) is 3.86. The number of halogens is 1. The quantitative estimate of drug-likeness (QED) is 0.295. The molecule has 1 heterocycles. The van der Waals surface area contributed by atoms with Crippen LogP contribution in [0.15, 0.2) is 29.3 Å². The third-order valence-corrected chi connectivity index (χ3v) is 5.24. The summed E-state index contributed by atoms with van der Waals surface area (Å²) < 4.78 is 0. The average molecular weight is 515 g/mol. The molecule has 0 saturated carbocycles. The third-order valence-electron chi connectivity index (χ3n) is 5.24. The molecule has 1 fully saturated rings. The molecule has 162 valence electrons. The zero-order chi connectivity index (χ0) is 20.6. The molecule has 0 aliphatic carbocycles. The lowest BCUT2D eigenvalue weighted by Gasteiger charge is -2.42. The van der Waals surface area contributed by atoms with Gasteiger partial charge < -0.3 is 21.3 Å². The van der Waals surface area contributed by atoms with Gasteiger partial charge in [0, 0.05) is 32.2 Å². The minimum Gasteiger partial charge on any atom is -0.368 e. The molecule has 0 bridgehead atoms. The first-order chi connectivity index (χ1) is 13.4. The summed E-state index contributed by atoms with van der Waals surface area (Å²) in [6.07, 6.45) is 4.90. The van der Waals surface area contributed by atoms with Gasteiger partial charge in [-0.05, 0) is 42.4 Å². The maximum absolute atomic E-state index is 11.9. The van der Waals surface area contributed by atoms with Crippen LogP contribution in [0.2, 0.25) is 0 Å². The molecular weight excluding hydrogens is 481 g/mol. The first-order valence-corrected chi connectivity index (χ1v) is 9.98. The van der Waals surface area contributed by atoms with E-state index in [-0.39, 0.29) is 36.4 Å². The van der Waals surface area contributed by atoms with E-state index in [1.165, 1.54) is 25.7 Å². The summed E-state index contributed by atoms with van der Waals surface area (Å²) in [5.74, 6) is 0.0521. The van der Waals surface area contributed by atoms with Crippen molar-refractivity contribution in [1.82, 2.24) is 15.5 Å². The van der Waals surface area contributed by atoms with E-state index in [4.69, 9.17) is 5.73 Å². The molecule has 0 spiro atoms. The average Bonchev–Trinajstić information content (AvgIpc) is 2.67. The fourth-order valence-corrected chi connectivity index (χ4v) is 3.86. The molecule has 1 aromatic carbocycles. The number of nitrogens with zero attached hydrogens (tertiary/aromatic N) is 2. The molecule has 29 heavy (non-hydrogen) atoms. The van der Waals surface area contributed by atoms with Crippen LogP contribution in [0.1, 0.15) is 55.5 Å². The fraction of sp³-hybridized carbons (Fsp3) is 0.571. The van der Waals surface area contributed by atoms with Gasteiger partial charge in [-0.1, -0.05) is 32.4 Å². The Balaban J connectivity index is 0.00000420. The summed E-state index contributed by atoms with van der Waals surface area (Å²) in [5.41, 5.74) is 6.95. The largest absolute Gasteiger partial charge is 0.368 e. The van der Waals surface area contributed by atoms with Crippen molar-refractivity contribution in [3.05, 3.63) is 35.4 Å². The molecule has 8 heteroatoms. The zero-order valence-electron chi connectivity index (χ0n) is 17.7. The molecule has 1 atom stereocenters. The number of carbonyl (C=O) groups excluding carboxylic acids is 2. The number of piperidine rings is 1. The van der Waals surface area contributed by atoms with Crippen molar-refractivity contribution in [2.45, 2.75) is 46.1 Å². The summed E-state index contributed by atoms with van der Waals surface area (Å²) >= 11 is 0. The van der Waals surface area contributed by atoms with E-state index in [1.807, 2.05) is 19.2 Å². The van der Waals surface area contributed by atoms with Gasteiger partial charge in [-0.25, -0.2) is 0 Å². The van der Waals surface area contributed by atoms with Crippen LogP contribution in [0, 0.1) is 5.41 Å². The van der Waals surface area contributed by atoms with E-state index in [0.717, 1.165) is 24.6 Å². The lowest BCUT2D eigenvalue weighted by molar-refractivity contribution is -0.117. The lowest BCUT2D eigenvalue weighted by Crippen LogP contribution is -2.49. The Morgan fingerprint density at radius 2 is 1.93 bits per heavy atom. The highest BCUT2D eigenvalue weighted by molar-refractivity contribution is 14.0. The van der Waals surface area contributed by atoms with Crippen LogP contribution in [0.5, 0.6) is 0 Å².